The number of benzene rings is 1. The summed E-state index contributed by atoms with van der Waals surface area (Å²) in [5.74, 6) is 0.699. The minimum absolute atomic E-state index is 0.699. The Hall–Kier alpha value is -0.563. The molecule has 0 fully saturated rings. The van der Waals surface area contributed by atoms with Gasteiger partial charge in [-0.2, -0.15) is 0 Å². The van der Waals surface area contributed by atoms with Gasteiger partial charge >= 0.3 is 0 Å². The number of hydrogen-bond donors (Lipinski definition) is 0. The molecular formula is C16H28Si. The second-order valence-corrected chi connectivity index (χ2v) is 10.5. The third-order valence-electron chi connectivity index (χ3n) is 4.73. The van der Waals surface area contributed by atoms with Crippen molar-refractivity contribution in [1.29, 1.82) is 0 Å². The van der Waals surface area contributed by atoms with Gasteiger partial charge in [0.2, 0.25) is 0 Å². The lowest BCUT2D eigenvalue weighted by Crippen LogP contribution is -2.45. The van der Waals surface area contributed by atoms with Crippen molar-refractivity contribution in [2.75, 3.05) is 0 Å². The van der Waals surface area contributed by atoms with Crippen LogP contribution in [-0.4, -0.2) is 8.07 Å². The quantitative estimate of drug-likeness (QED) is 0.627. The SMILES string of the molecule is CCC(C)c1ccc([Si](CC)(CC)CC)cc1. The van der Waals surface area contributed by atoms with Gasteiger partial charge in [0, 0.05) is 0 Å². The summed E-state index contributed by atoms with van der Waals surface area (Å²) in [7, 11) is -1.16. The molecule has 17 heavy (non-hydrogen) atoms. The molecule has 0 aliphatic rings. The normalized spacial score (nSPS) is 13.7. The molecular weight excluding hydrogens is 220 g/mol. The fraction of sp³-hybridized carbons (Fsp3) is 0.625. The van der Waals surface area contributed by atoms with Gasteiger partial charge in [0.25, 0.3) is 0 Å². The highest BCUT2D eigenvalue weighted by Gasteiger charge is 2.28. The molecule has 0 saturated carbocycles. The van der Waals surface area contributed by atoms with E-state index in [1.165, 1.54) is 30.1 Å². The first-order valence-electron chi connectivity index (χ1n) is 7.23. The summed E-state index contributed by atoms with van der Waals surface area (Å²) < 4.78 is 0. The van der Waals surface area contributed by atoms with Crippen molar-refractivity contribution in [1.82, 2.24) is 0 Å². The first-order valence-corrected chi connectivity index (χ1v) is 9.86. The van der Waals surface area contributed by atoms with Crippen LogP contribution in [0.4, 0.5) is 0 Å². The molecule has 1 aromatic rings. The smallest absolute Gasteiger partial charge is 0.0675 e. The summed E-state index contributed by atoms with van der Waals surface area (Å²) >= 11 is 0. The molecule has 0 nitrogen and oxygen atoms in total. The van der Waals surface area contributed by atoms with Crippen LogP contribution in [0.15, 0.2) is 24.3 Å². The van der Waals surface area contributed by atoms with E-state index in [1.54, 1.807) is 5.19 Å². The third kappa shape index (κ3) is 3.01. The summed E-state index contributed by atoms with van der Waals surface area (Å²) in [5, 5.41) is 1.66. The van der Waals surface area contributed by atoms with E-state index in [-0.39, 0.29) is 0 Å². The van der Waals surface area contributed by atoms with Crippen LogP contribution < -0.4 is 5.19 Å². The van der Waals surface area contributed by atoms with Gasteiger partial charge in [-0.1, -0.05) is 82.2 Å². The summed E-state index contributed by atoms with van der Waals surface area (Å²) in [6.07, 6.45) is 1.23. The van der Waals surface area contributed by atoms with Crippen LogP contribution in [0.2, 0.25) is 18.1 Å². The Balaban J connectivity index is 3.00. The largest absolute Gasteiger partial charge is 0.0859 e. The van der Waals surface area contributed by atoms with Crippen LogP contribution in [0.3, 0.4) is 0 Å². The molecule has 1 aromatic carbocycles. The highest BCUT2D eigenvalue weighted by molar-refractivity contribution is 6.91. The van der Waals surface area contributed by atoms with E-state index in [0.29, 0.717) is 5.92 Å². The van der Waals surface area contributed by atoms with E-state index in [0.717, 1.165) is 0 Å². The topological polar surface area (TPSA) is 0 Å². The van der Waals surface area contributed by atoms with E-state index in [9.17, 15) is 0 Å². The molecule has 1 unspecified atom stereocenters. The monoisotopic (exact) mass is 248 g/mol. The minimum Gasteiger partial charge on any atom is -0.0675 e. The Morgan fingerprint density at radius 3 is 1.71 bits per heavy atom. The molecule has 0 aliphatic heterocycles. The number of hydrogen-bond acceptors (Lipinski definition) is 0. The zero-order valence-corrected chi connectivity index (χ0v) is 13.2. The lowest BCUT2D eigenvalue weighted by atomic mass is 9.99. The third-order valence-corrected chi connectivity index (χ3v) is 10.4. The maximum absolute atomic E-state index is 2.42. The molecule has 96 valence electrons. The van der Waals surface area contributed by atoms with Gasteiger partial charge in [-0.25, -0.2) is 0 Å². The van der Waals surface area contributed by atoms with Crippen molar-refractivity contribution < 1.29 is 0 Å². The van der Waals surface area contributed by atoms with Gasteiger partial charge in [0.05, 0.1) is 8.07 Å². The average molecular weight is 248 g/mol. The van der Waals surface area contributed by atoms with Crippen LogP contribution in [0, 0.1) is 0 Å². The predicted octanol–water partition coefficient (Wildman–Crippen LogP) is 4.92. The Morgan fingerprint density at radius 1 is 0.882 bits per heavy atom. The highest BCUT2D eigenvalue weighted by atomic mass is 28.3. The van der Waals surface area contributed by atoms with E-state index in [1.807, 2.05) is 0 Å². The summed E-state index contributed by atoms with van der Waals surface area (Å²) in [6.45, 7) is 11.7. The Kier molecular flexibility index (Phi) is 5.45. The number of rotatable bonds is 6. The van der Waals surface area contributed by atoms with Crippen molar-refractivity contribution >= 4 is 13.3 Å². The molecule has 0 saturated heterocycles. The molecule has 1 heteroatoms. The van der Waals surface area contributed by atoms with Crippen LogP contribution >= 0.6 is 0 Å². The maximum Gasteiger partial charge on any atom is 0.0859 e. The van der Waals surface area contributed by atoms with Gasteiger partial charge in [-0.15, -0.1) is 0 Å². The van der Waals surface area contributed by atoms with Gasteiger partial charge < -0.3 is 0 Å². The summed E-state index contributed by atoms with van der Waals surface area (Å²) in [5.41, 5.74) is 1.50. The molecule has 0 radical (unpaired) electrons. The van der Waals surface area contributed by atoms with E-state index < -0.39 is 8.07 Å². The standard InChI is InChI=1S/C16H28Si/c1-6-14(5)15-10-12-16(13-11-15)17(7-2,8-3)9-4/h10-14H,6-9H2,1-5H3. The fourth-order valence-electron chi connectivity index (χ4n) is 2.76. The molecule has 0 aromatic heterocycles. The zero-order valence-electron chi connectivity index (χ0n) is 12.2. The fourth-order valence-corrected chi connectivity index (χ4v) is 6.36. The predicted molar refractivity (Wildman–Crippen MR) is 82.0 cm³/mol. The van der Waals surface area contributed by atoms with Gasteiger partial charge in [0.15, 0.2) is 0 Å². The van der Waals surface area contributed by atoms with Crippen LogP contribution in [0.1, 0.15) is 52.5 Å². The van der Waals surface area contributed by atoms with Crippen LogP contribution in [0.5, 0.6) is 0 Å². The Labute approximate surface area is 108 Å². The van der Waals surface area contributed by atoms with Gasteiger partial charge in [0.1, 0.15) is 0 Å². The lowest BCUT2D eigenvalue weighted by Gasteiger charge is -2.29. The molecule has 0 aliphatic carbocycles. The molecule has 0 amide bonds. The minimum atomic E-state index is -1.16. The molecule has 0 heterocycles. The van der Waals surface area contributed by atoms with Crippen molar-refractivity contribution in [3.63, 3.8) is 0 Å². The van der Waals surface area contributed by atoms with Crippen molar-refractivity contribution in [3.05, 3.63) is 29.8 Å². The Morgan fingerprint density at radius 2 is 1.35 bits per heavy atom. The molecule has 0 spiro atoms. The lowest BCUT2D eigenvalue weighted by molar-refractivity contribution is 0.734. The molecule has 0 bridgehead atoms. The summed E-state index contributed by atoms with van der Waals surface area (Å²) in [4.78, 5) is 0. The van der Waals surface area contributed by atoms with Crippen LogP contribution in [0.25, 0.3) is 0 Å². The van der Waals surface area contributed by atoms with E-state index in [2.05, 4.69) is 58.9 Å². The highest BCUT2D eigenvalue weighted by Crippen LogP contribution is 2.22. The first-order chi connectivity index (χ1) is 8.13. The van der Waals surface area contributed by atoms with Crippen LogP contribution in [-0.2, 0) is 0 Å². The first kappa shape index (κ1) is 14.5. The van der Waals surface area contributed by atoms with Gasteiger partial charge in [-0.3, -0.25) is 0 Å². The Bertz CT molecular complexity index is 314. The molecule has 1 atom stereocenters. The van der Waals surface area contributed by atoms with E-state index >= 15 is 0 Å². The van der Waals surface area contributed by atoms with Crippen molar-refractivity contribution in [2.24, 2.45) is 0 Å². The summed E-state index contributed by atoms with van der Waals surface area (Å²) in [6, 6.07) is 13.7. The molecule has 0 N–H and O–H groups in total. The maximum atomic E-state index is 2.42. The van der Waals surface area contributed by atoms with Crippen molar-refractivity contribution in [3.8, 4) is 0 Å². The molecule has 1 rings (SSSR count). The zero-order chi connectivity index (χ0) is 12.9. The average Bonchev–Trinajstić information content (AvgIpc) is 2.41. The van der Waals surface area contributed by atoms with Gasteiger partial charge in [-0.05, 0) is 17.9 Å². The van der Waals surface area contributed by atoms with Crippen molar-refractivity contribution in [2.45, 2.75) is 65.1 Å². The second-order valence-electron chi connectivity index (χ2n) is 5.27. The second kappa shape index (κ2) is 6.39. The van der Waals surface area contributed by atoms with E-state index in [4.69, 9.17) is 0 Å².